The molecule has 2 N–H and O–H groups in total. The molecule has 1 rings (SSSR count). The van der Waals surface area contributed by atoms with Gasteiger partial charge in [0, 0.05) is 10.5 Å². The SMILES string of the molecule is CCc1ccc(Br)cc1[C@H](N)CC. The second kappa shape index (κ2) is 4.77. The summed E-state index contributed by atoms with van der Waals surface area (Å²) in [5, 5.41) is 0. The van der Waals surface area contributed by atoms with Crippen LogP contribution in [0.1, 0.15) is 37.4 Å². The normalized spacial score (nSPS) is 12.9. The molecule has 0 bridgehead atoms. The lowest BCUT2D eigenvalue weighted by molar-refractivity contribution is 0.689. The smallest absolute Gasteiger partial charge is 0.0295 e. The summed E-state index contributed by atoms with van der Waals surface area (Å²) in [6, 6.07) is 6.53. The molecule has 0 heterocycles. The fraction of sp³-hybridized carbons (Fsp3) is 0.455. The van der Waals surface area contributed by atoms with Gasteiger partial charge in [-0.05, 0) is 36.1 Å². The van der Waals surface area contributed by atoms with Crippen molar-refractivity contribution < 1.29 is 0 Å². The molecule has 0 aromatic heterocycles. The molecule has 0 saturated carbocycles. The van der Waals surface area contributed by atoms with E-state index in [-0.39, 0.29) is 6.04 Å². The second-order valence-corrected chi connectivity index (χ2v) is 4.13. The van der Waals surface area contributed by atoms with Crippen LogP contribution in [0.15, 0.2) is 22.7 Å². The number of hydrogen-bond acceptors (Lipinski definition) is 1. The number of halogens is 1. The van der Waals surface area contributed by atoms with Crippen LogP contribution in [-0.4, -0.2) is 0 Å². The average molecular weight is 242 g/mol. The summed E-state index contributed by atoms with van der Waals surface area (Å²) in [7, 11) is 0. The highest BCUT2D eigenvalue weighted by molar-refractivity contribution is 9.10. The Kier molecular flexibility index (Phi) is 3.94. The number of nitrogens with two attached hydrogens (primary N) is 1. The van der Waals surface area contributed by atoms with Gasteiger partial charge in [-0.25, -0.2) is 0 Å². The lowest BCUT2D eigenvalue weighted by atomic mass is 9.98. The van der Waals surface area contributed by atoms with Gasteiger partial charge in [0.2, 0.25) is 0 Å². The van der Waals surface area contributed by atoms with Crippen molar-refractivity contribution in [1.29, 1.82) is 0 Å². The highest BCUT2D eigenvalue weighted by atomic mass is 79.9. The van der Waals surface area contributed by atoms with Crippen LogP contribution in [-0.2, 0) is 6.42 Å². The first-order chi connectivity index (χ1) is 6.19. The molecular formula is C11H16BrN. The Hall–Kier alpha value is -0.340. The zero-order chi connectivity index (χ0) is 9.84. The van der Waals surface area contributed by atoms with Crippen molar-refractivity contribution in [3.63, 3.8) is 0 Å². The van der Waals surface area contributed by atoms with Gasteiger partial charge in [-0.1, -0.05) is 35.8 Å². The standard InChI is InChI=1S/C11H16BrN/c1-3-8-5-6-9(12)7-10(8)11(13)4-2/h5-7,11H,3-4,13H2,1-2H3/t11-/m1/s1. The van der Waals surface area contributed by atoms with E-state index in [1.807, 2.05) is 0 Å². The van der Waals surface area contributed by atoms with Crippen molar-refractivity contribution >= 4 is 15.9 Å². The van der Waals surface area contributed by atoms with E-state index in [2.05, 4.69) is 48.0 Å². The highest BCUT2D eigenvalue weighted by Crippen LogP contribution is 2.23. The van der Waals surface area contributed by atoms with Crippen LogP contribution < -0.4 is 5.73 Å². The molecule has 1 aromatic carbocycles. The van der Waals surface area contributed by atoms with E-state index in [1.165, 1.54) is 11.1 Å². The Morgan fingerprint density at radius 1 is 1.38 bits per heavy atom. The Labute approximate surface area is 88.5 Å². The lowest BCUT2D eigenvalue weighted by Crippen LogP contribution is -2.11. The van der Waals surface area contributed by atoms with Gasteiger partial charge in [0.25, 0.3) is 0 Å². The molecule has 1 atom stereocenters. The molecule has 0 aliphatic rings. The quantitative estimate of drug-likeness (QED) is 0.863. The molecule has 0 spiro atoms. The van der Waals surface area contributed by atoms with Gasteiger partial charge in [0.05, 0.1) is 0 Å². The van der Waals surface area contributed by atoms with Gasteiger partial charge in [-0.15, -0.1) is 0 Å². The molecule has 0 radical (unpaired) electrons. The van der Waals surface area contributed by atoms with Gasteiger partial charge in [-0.3, -0.25) is 0 Å². The summed E-state index contributed by atoms with van der Waals surface area (Å²) < 4.78 is 1.11. The number of benzene rings is 1. The third-order valence-electron chi connectivity index (χ3n) is 2.33. The van der Waals surface area contributed by atoms with Gasteiger partial charge in [0.15, 0.2) is 0 Å². The minimum Gasteiger partial charge on any atom is -0.324 e. The number of aryl methyl sites for hydroxylation is 1. The Morgan fingerprint density at radius 3 is 2.62 bits per heavy atom. The zero-order valence-corrected chi connectivity index (χ0v) is 9.76. The summed E-state index contributed by atoms with van der Waals surface area (Å²) in [5.41, 5.74) is 8.65. The van der Waals surface area contributed by atoms with Crippen molar-refractivity contribution in [3.05, 3.63) is 33.8 Å². The predicted octanol–water partition coefficient (Wildman–Crippen LogP) is 3.42. The van der Waals surface area contributed by atoms with E-state index in [4.69, 9.17) is 5.73 Å². The first-order valence-corrected chi connectivity index (χ1v) is 5.52. The Morgan fingerprint density at radius 2 is 2.08 bits per heavy atom. The highest BCUT2D eigenvalue weighted by Gasteiger charge is 2.08. The van der Waals surface area contributed by atoms with Crippen LogP contribution >= 0.6 is 15.9 Å². The maximum Gasteiger partial charge on any atom is 0.0295 e. The fourth-order valence-corrected chi connectivity index (χ4v) is 1.83. The Bertz CT molecular complexity index is 283. The number of rotatable bonds is 3. The molecular weight excluding hydrogens is 226 g/mol. The van der Waals surface area contributed by atoms with Gasteiger partial charge in [0.1, 0.15) is 0 Å². The van der Waals surface area contributed by atoms with Crippen molar-refractivity contribution in [3.8, 4) is 0 Å². The van der Waals surface area contributed by atoms with E-state index >= 15 is 0 Å². The number of hydrogen-bond donors (Lipinski definition) is 1. The molecule has 0 aliphatic heterocycles. The maximum absolute atomic E-state index is 6.02. The van der Waals surface area contributed by atoms with E-state index in [9.17, 15) is 0 Å². The first-order valence-electron chi connectivity index (χ1n) is 4.73. The third kappa shape index (κ3) is 2.55. The van der Waals surface area contributed by atoms with E-state index < -0.39 is 0 Å². The first kappa shape index (κ1) is 10.7. The minimum atomic E-state index is 0.174. The topological polar surface area (TPSA) is 26.0 Å². The van der Waals surface area contributed by atoms with Gasteiger partial charge >= 0.3 is 0 Å². The van der Waals surface area contributed by atoms with Crippen LogP contribution in [0, 0.1) is 0 Å². The van der Waals surface area contributed by atoms with Gasteiger partial charge in [-0.2, -0.15) is 0 Å². The van der Waals surface area contributed by atoms with Crippen molar-refractivity contribution in [2.24, 2.45) is 5.73 Å². The molecule has 1 aromatic rings. The van der Waals surface area contributed by atoms with Crippen LogP contribution in [0.2, 0.25) is 0 Å². The van der Waals surface area contributed by atoms with Crippen molar-refractivity contribution in [2.45, 2.75) is 32.7 Å². The Balaban J connectivity index is 3.07. The summed E-state index contributed by atoms with van der Waals surface area (Å²) in [4.78, 5) is 0. The van der Waals surface area contributed by atoms with E-state index in [0.29, 0.717) is 0 Å². The van der Waals surface area contributed by atoms with Crippen LogP contribution in [0.5, 0.6) is 0 Å². The van der Waals surface area contributed by atoms with Crippen LogP contribution in [0.4, 0.5) is 0 Å². The second-order valence-electron chi connectivity index (χ2n) is 3.21. The summed E-state index contributed by atoms with van der Waals surface area (Å²) in [6.45, 7) is 4.28. The van der Waals surface area contributed by atoms with Gasteiger partial charge < -0.3 is 5.73 Å². The van der Waals surface area contributed by atoms with Crippen LogP contribution in [0.25, 0.3) is 0 Å². The summed E-state index contributed by atoms with van der Waals surface area (Å²) >= 11 is 3.47. The zero-order valence-electron chi connectivity index (χ0n) is 8.18. The lowest BCUT2D eigenvalue weighted by Gasteiger charge is -2.14. The maximum atomic E-state index is 6.02. The van der Waals surface area contributed by atoms with E-state index in [0.717, 1.165) is 17.3 Å². The molecule has 0 aliphatic carbocycles. The molecule has 1 nitrogen and oxygen atoms in total. The molecule has 0 fully saturated rings. The molecule has 2 heteroatoms. The molecule has 0 amide bonds. The molecule has 0 unspecified atom stereocenters. The molecule has 72 valence electrons. The van der Waals surface area contributed by atoms with Crippen molar-refractivity contribution in [2.75, 3.05) is 0 Å². The molecule has 13 heavy (non-hydrogen) atoms. The summed E-state index contributed by atoms with van der Waals surface area (Å²) in [6.07, 6.45) is 2.04. The summed E-state index contributed by atoms with van der Waals surface area (Å²) in [5.74, 6) is 0. The minimum absolute atomic E-state index is 0.174. The fourth-order valence-electron chi connectivity index (χ4n) is 1.45. The predicted molar refractivity (Wildman–Crippen MR) is 60.7 cm³/mol. The average Bonchev–Trinajstić information content (AvgIpc) is 2.16. The third-order valence-corrected chi connectivity index (χ3v) is 2.82. The largest absolute Gasteiger partial charge is 0.324 e. The van der Waals surface area contributed by atoms with Crippen LogP contribution in [0.3, 0.4) is 0 Å². The monoisotopic (exact) mass is 241 g/mol. The van der Waals surface area contributed by atoms with Crippen molar-refractivity contribution in [1.82, 2.24) is 0 Å². The molecule has 0 saturated heterocycles. The van der Waals surface area contributed by atoms with E-state index in [1.54, 1.807) is 0 Å².